The fraction of sp³-hybridized carbons (Fsp3) is 0.571. The van der Waals surface area contributed by atoms with Crippen LogP contribution in [0.2, 0.25) is 0 Å². The smallest absolute Gasteiger partial charge is 0.241 e. The number of hydrogen-bond acceptors (Lipinski definition) is 3. The van der Waals surface area contributed by atoms with Crippen molar-refractivity contribution in [3.8, 4) is 0 Å². The number of benzene rings is 1. The van der Waals surface area contributed by atoms with Crippen molar-refractivity contribution in [1.29, 1.82) is 0 Å². The van der Waals surface area contributed by atoms with Gasteiger partial charge >= 0.3 is 0 Å². The van der Waals surface area contributed by atoms with Gasteiger partial charge in [0.1, 0.15) is 0 Å². The molecule has 0 atom stereocenters. The van der Waals surface area contributed by atoms with Crippen molar-refractivity contribution in [1.82, 2.24) is 9.62 Å². The first-order valence-electron chi connectivity index (χ1n) is 6.85. The van der Waals surface area contributed by atoms with Gasteiger partial charge in [-0.15, -0.1) is 0 Å². The molecule has 0 aliphatic carbocycles. The summed E-state index contributed by atoms with van der Waals surface area (Å²) in [4.78, 5) is 2.56. The fourth-order valence-electron chi connectivity index (χ4n) is 2.38. The summed E-state index contributed by atoms with van der Waals surface area (Å²) in [6.45, 7) is 4.66. The second-order valence-electron chi connectivity index (χ2n) is 6.01. The highest BCUT2D eigenvalue weighted by Crippen LogP contribution is 2.31. The van der Waals surface area contributed by atoms with Gasteiger partial charge in [0.25, 0.3) is 0 Å². The monoisotopic (exact) mass is 438 g/mol. The average Bonchev–Trinajstić information content (AvgIpc) is 2.40. The number of likely N-dealkylation sites (tertiary alicyclic amines) is 1. The lowest BCUT2D eigenvalue weighted by Crippen LogP contribution is -2.43. The second-order valence-corrected chi connectivity index (χ2v) is 9.52. The summed E-state index contributed by atoms with van der Waals surface area (Å²) in [5.74, 6) is 0. The number of nitrogens with zero attached hydrogens (tertiary/aromatic N) is 1. The summed E-state index contributed by atoms with van der Waals surface area (Å²) in [5, 5.41) is 0. The molecular weight excluding hydrogens is 420 g/mol. The summed E-state index contributed by atoms with van der Waals surface area (Å²) >= 11 is 6.64. The van der Waals surface area contributed by atoms with Gasteiger partial charge in [0.15, 0.2) is 0 Å². The van der Waals surface area contributed by atoms with Gasteiger partial charge in [-0.25, -0.2) is 13.1 Å². The maximum atomic E-state index is 12.4. The average molecular weight is 440 g/mol. The quantitative estimate of drug-likeness (QED) is 0.783. The zero-order chi connectivity index (χ0) is 15.7. The summed E-state index contributed by atoms with van der Waals surface area (Å²) in [6.07, 6.45) is 2.01. The highest BCUT2D eigenvalue weighted by molar-refractivity contribution is 9.11. The van der Waals surface area contributed by atoms with Crippen molar-refractivity contribution < 1.29 is 8.42 Å². The minimum absolute atomic E-state index is 0.0292. The van der Waals surface area contributed by atoms with Crippen LogP contribution in [0, 0.1) is 5.41 Å². The fourth-order valence-corrected chi connectivity index (χ4v) is 5.32. The Labute approximate surface area is 143 Å². The van der Waals surface area contributed by atoms with Gasteiger partial charge in [0, 0.05) is 15.5 Å². The molecule has 1 aromatic carbocycles. The molecule has 1 N–H and O–H groups in total. The normalized spacial score (nSPS) is 19.6. The van der Waals surface area contributed by atoms with E-state index in [-0.39, 0.29) is 10.3 Å². The van der Waals surface area contributed by atoms with E-state index >= 15 is 0 Å². The van der Waals surface area contributed by atoms with Gasteiger partial charge in [-0.2, -0.15) is 0 Å². The Hall–Kier alpha value is 0.0500. The van der Waals surface area contributed by atoms with Gasteiger partial charge in [-0.1, -0.05) is 22.9 Å². The van der Waals surface area contributed by atoms with Crippen LogP contribution in [0.15, 0.2) is 32.0 Å². The third-order valence-corrected chi connectivity index (χ3v) is 6.94. The lowest BCUT2D eigenvalue weighted by Gasteiger charge is -2.37. The van der Waals surface area contributed by atoms with Crippen LogP contribution >= 0.6 is 31.9 Å². The Kier molecular flexibility index (Phi) is 5.52. The Morgan fingerprint density at radius 3 is 2.48 bits per heavy atom. The minimum atomic E-state index is -3.49. The van der Waals surface area contributed by atoms with Crippen LogP contribution in [0.1, 0.15) is 19.8 Å². The molecule has 0 aromatic heterocycles. The predicted octanol–water partition coefficient (Wildman–Crippen LogP) is 3.22. The van der Waals surface area contributed by atoms with Crippen molar-refractivity contribution in [2.75, 3.05) is 26.7 Å². The molecule has 0 radical (unpaired) electrons. The SMILES string of the molecule is CN1CCC(C)(CNS(=O)(=O)c2ccc(Br)cc2Br)CC1. The van der Waals surface area contributed by atoms with Crippen LogP contribution in [0.25, 0.3) is 0 Å². The van der Waals surface area contributed by atoms with Crippen LogP contribution in [0.4, 0.5) is 0 Å². The second kappa shape index (κ2) is 6.66. The van der Waals surface area contributed by atoms with Gasteiger partial charge in [0.2, 0.25) is 10.0 Å². The largest absolute Gasteiger partial charge is 0.306 e. The van der Waals surface area contributed by atoms with Crippen LogP contribution in [0.5, 0.6) is 0 Å². The maximum Gasteiger partial charge on any atom is 0.241 e. The summed E-state index contributed by atoms with van der Waals surface area (Å²) in [6, 6.07) is 5.08. The van der Waals surface area contributed by atoms with E-state index in [1.807, 2.05) is 0 Å². The van der Waals surface area contributed by atoms with E-state index in [9.17, 15) is 8.42 Å². The van der Waals surface area contributed by atoms with Crippen LogP contribution in [-0.4, -0.2) is 40.0 Å². The van der Waals surface area contributed by atoms with Gasteiger partial charge in [-0.05, 0) is 72.5 Å². The minimum Gasteiger partial charge on any atom is -0.306 e. The molecule has 0 unspecified atom stereocenters. The van der Waals surface area contributed by atoms with E-state index < -0.39 is 10.0 Å². The topological polar surface area (TPSA) is 49.4 Å². The number of hydrogen-bond donors (Lipinski definition) is 1. The number of nitrogens with one attached hydrogen (secondary N) is 1. The first-order valence-corrected chi connectivity index (χ1v) is 9.92. The number of piperidine rings is 1. The molecule has 1 aliphatic rings. The lowest BCUT2D eigenvalue weighted by atomic mass is 9.81. The van der Waals surface area contributed by atoms with Crippen molar-refractivity contribution in [2.45, 2.75) is 24.7 Å². The molecular formula is C14H20Br2N2O2S. The molecule has 1 heterocycles. The molecule has 7 heteroatoms. The molecule has 1 fully saturated rings. The molecule has 0 amide bonds. The van der Waals surface area contributed by atoms with E-state index in [0.717, 1.165) is 30.4 Å². The molecule has 2 rings (SSSR count). The summed E-state index contributed by atoms with van der Waals surface area (Å²) < 4.78 is 29.1. The van der Waals surface area contributed by atoms with E-state index in [4.69, 9.17) is 0 Å². The third-order valence-electron chi connectivity index (χ3n) is 4.07. The first-order chi connectivity index (χ1) is 9.72. The number of rotatable bonds is 4. The lowest BCUT2D eigenvalue weighted by molar-refractivity contribution is 0.143. The number of halogens is 2. The van der Waals surface area contributed by atoms with E-state index in [1.54, 1.807) is 18.2 Å². The molecule has 0 spiro atoms. The van der Waals surface area contributed by atoms with Crippen molar-refractivity contribution in [3.05, 3.63) is 27.1 Å². The molecule has 118 valence electrons. The van der Waals surface area contributed by atoms with Crippen LogP contribution < -0.4 is 4.72 Å². The predicted molar refractivity (Wildman–Crippen MR) is 91.9 cm³/mol. The van der Waals surface area contributed by atoms with Gasteiger partial charge in [-0.3, -0.25) is 0 Å². The van der Waals surface area contributed by atoms with Crippen LogP contribution in [0.3, 0.4) is 0 Å². The molecule has 1 saturated heterocycles. The van der Waals surface area contributed by atoms with Crippen molar-refractivity contribution in [2.24, 2.45) is 5.41 Å². The Bertz CT molecular complexity index is 611. The zero-order valence-corrected chi connectivity index (χ0v) is 16.2. The molecule has 21 heavy (non-hydrogen) atoms. The standard InChI is InChI=1S/C14H20Br2N2O2S/c1-14(5-7-18(2)8-6-14)10-17-21(19,20)13-4-3-11(15)9-12(13)16/h3-4,9,17H,5-8,10H2,1-2H3. The van der Waals surface area contributed by atoms with Gasteiger partial charge < -0.3 is 4.90 Å². The number of sulfonamides is 1. The molecule has 0 saturated carbocycles. The Morgan fingerprint density at radius 2 is 1.90 bits per heavy atom. The van der Waals surface area contributed by atoms with E-state index in [0.29, 0.717) is 11.0 Å². The Morgan fingerprint density at radius 1 is 1.29 bits per heavy atom. The van der Waals surface area contributed by atoms with Crippen molar-refractivity contribution >= 4 is 41.9 Å². The summed E-state index contributed by atoms with van der Waals surface area (Å²) in [7, 11) is -1.39. The van der Waals surface area contributed by atoms with E-state index in [1.165, 1.54) is 0 Å². The molecule has 1 aromatic rings. The highest BCUT2D eigenvalue weighted by atomic mass is 79.9. The maximum absolute atomic E-state index is 12.4. The van der Waals surface area contributed by atoms with Crippen molar-refractivity contribution in [3.63, 3.8) is 0 Å². The molecule has 4 nitrogen and oxygen atoms in total. The molecule has 0 bridgehead atoms. The van der Waals surface area contributed by atoms with Crippen LogP contribution in [-0.2, 0) is 10.0 Å². The highest BCUT2D eigenvalue weighted by Gasteiger charge is 2.30. The third kappa shape index (κ3) is 4.51. The zero-order valence-electron chi connectivity index (χ0n) is 12.2. The Balaban J connectivity index is 2.08. The van der Waals surface area contributed by atoms with E-state index in [2.05, 4.69) is 55.5 Å². The molecule has 1 aliphatic heterocycles. The first kappa shape index (κ1) is 17.4. The summed E-state index contributed by atoms with van der Waals surface area (Å²) in [5.41, 5.74) is 0.0292. The van der Waals surface area contributed by atoms with Gasteiger partial charge in [0.05, 0.1) is 4.90 Å².